The van der Waals surface area contributed by atoms with Crippen LogP contribution in [0.4, 0.5) is 14.5 Å². The van der Waals surface area contributed by atoms with E-state index < -0.39 is 11.6 Å². The molecule has 0 saturated carbocycles. The van der Waals surface area contributed by atoms with Crippen LogP contribution in [0.5, 0.6) is 0 Å². The maximum Gasteiger partial charge on any atom is 0.150 e. The van der Waals surface area contributed by atoms with Gasteiger partial charge in [-0.2, -0.15) is 0 Å². The second-order valence-electron chi connectivity index (χ2n) is 4.44. The van der Waals surface area contributed by atoms with Crippen LogP contribution in [0.1, 0.15) is 45.4 Å². The Morgan fingerprint density at radius 3 is 2.17 bits per heavy atom. The molecule has 0 unspecified atom stereocenters. The van der Waals surface area contributed by atoms with Gasteiger partial charge in [-0.25, -0.2) is 8.78 Å². The first kappa shape index (κ1) is 15.4. The van der Waals surface area contributed by atoms with Gasteiger partial charge >= 0.3 is 0 Å². The zero-order valence-corrected chi connectivity index (χ0v) is 12.3. The van der Waals surface area contributed by atoms with E-state index in [9.17, 15) is 8.78 Å². The molecule has 0 aromatic heterocycles. The summed E-state index contributed by atoms with van der Waals surface area (Å²) in [5, 5.41) is 2.83. The van der Waals surface area contributed by atoms with Crippen LogP contribution in [0.3, 0.4) is 0 Å². The van der Waals surface area contributed by atoms with Crippen molar-refractivity contribution in [2.75, 3.05) is 11.9 Å². The summed E-state index contributed by atoms with van der Waals surface area (Å²) in [6.07, 6.45) is 6.99. The predicted molar refractivity (Wildman–Crippen MR) is 75.9 cm³/mol. The molecular weight excluding hydrogens is 300 g/mol. The molecule has 1 nitrogen and oxygen atoms in total. The van der Waals surface area contributed by atoms with Crippen LogP contribution in [0.2, 0.25) is 0 Å². The fraction of sp³-hybridized carbons (Fsp3) is 0.571. The van der Waals surface area contributed by atoms with Crippen molar-refractivity contribution in [1.29, 1.82) is 0 Å². The summed E-state index contributed by atoms with van der Waals surface area (Å²) >= 11 is 3.06. The molecule has 0 heterocycles. The van der Waals surface area contributed by atoms with Crippen LogP contribution in [0, 0.1) is 11.6 Å². The molecule has 0 atom stereocenters. The average Bonchev–Trinajstić information content (AvgIpc) is 2.30. The molecule has 0 amide bonds. The van der Waals surface area contributed by atoms with Gasteiger partial charge in [-0.1, -0.05) is 55.0 Å². The van der Waals surface area contributed by atoms with E-state index in [4.69, 9.17) is 0 Å². The van der Waals surface area contributed by atoms with Gasteiger partial charge in [-0.15, -0.1) is 0 Å². The largest absolute Gasteiger partial charge is 0.380 e. The molecular formula is C14H20BrF2N. The summed E-state index contributed by atoms with van der Waals surface area (Å²) in [4.78, 5) is 0. The summed E-state index contributed by atoms with van der Waals surface area (Å²) in [6, 6.07) is 2.54. The van der Waals surface area contributed by atoms with Crippen molar-refractivity contribution < 1.29 is 8.78 Å². The Hall–Kier alpha value is -0.640. The van der Waals surface area contributed by atoms with E-state index in [0.29, 0.717) is 11.0 Å². The Morgan fingerprint density at radius 1 is 1.00 bits per heavy atom. The molecule has 4 heteroatoms. The number of nitrogens with one attached hydrogen (secondary N) is 1. The van der Waals surface area contributed by atoms with Gasteiger partial charge in [0.2, 0.25) is 0 Å². The molecule has 1 aromatic carbocycles. The highest BCUT2D eigenvalue weighted by Gasteiger charge is 2.09. The molecule has 0 bridgehead atoms. The Labute approximate surface area is 116 Å². The third kappa shape index (κ3) is 5.34. The van der Waals surface area contributed by atoms with Crippen LogP contribution < -0.4 is 5.32 Å². The first-order valence-electron chi connectivity index (χ1n) is 6.53. The van der Waals surface area contributed by atoms with Crippen LogP contribution in [-0.4, -0.2) is 6.54 Å². The molecule has 18 heavy (non-hydrogen) atoms. The first-order valence-corrected chi connectivity index (χ1v) is 7.33. The van der Waals surface area contributed by atoms with E-state index >= 15 is 0 Å². The normalized spacial score (nSPS) is 10.7. The Balaban J connectivity index is 2.27. The van der Waals surface area contributed by atoms with Crippen molar-refractivity contribution in [3.05, 3.63) is 28.2 Å². The van der Waals surface area contributed by atoms with Crippen molar-refractivity contribution in [2.45, 2.75) is 45.4 Å². The standard InChI is InChI=1S/C14H20BrF2N/c1-2-3-4-5-6-7-8-18-14-12(16)9-11(15)10-13(14)17/h9-10,18H,2-8H2,1H3. The third-order valence-electron chi connectivity index (χ3n) is 2.84. The number of hydrogen-bond acceptors (Lipinski definition) is 1. The first-order chi connectivity index (χ1) is 8.65. The molecule has 0 spiro atoms. The van der Waals surface area contributed by atoms with Crippen molar-refractivity contribution in [3.8, 4) is 0 Å². The number of hydrogen-bond donors (Lipinski definition) is 1. The van der Waals surface area contributed by atoms with Crippen molar-refractivity contribution in [1.82, 2.24) is 0 Å². The molecule has 1 N–H and O–H groups in total. The van der Waals surface area contributed by atoms with Gasteiger partial charge in [0.1, 0.15) is 17.3 Å². The number of rotatable bonds is 8. The van der Waals surface area contributed by atoms with Gasteiger partial charge in [0.25, 0.3) is 0 Å². The summed E-state index contributed by atoms with van der Waals surface area (Å²) in [5.74, 6) is -1.10. The number of unbranched alkanes of at least 4 members (excludes halogenated alkanes) is 5. The van der Waals surface area contributed by atoms with Gasteiger partial charge in [-0.05, 0) is 18.6 Å². The molecule has 0 aliphatic heterocycles. The van der Waals surface area contributed by atoms with Crippen molar-refractivity contribution >= 4 is 21.6 Å². The topological polar surface area (TPSA) is 12.0 Å². The van der Waals surface area contributed by atoms with Gasteiger partial charge in [0, 0.05) is 11.0 Å². The molecule has 1 rings (SSSR count). The van der Waals surface area contributed by atoms with E-state index in [1.54, 1.807) is 0 Å². The Bertz CT molecular complexity index is 346. The minimum atomic E-state index is -0.548. The van der Waals surface area contributed by atoms with Crippen LogP contribution >= 0.6 is 15.9 Å². The maximum absolute atomic E-state index is 13.5. The lowest BCUT2D eigenvalue weighted by Crippen LogP contribution is -2.05. The van der Waals surface area contributed by atoms with Crippen LogP contribution in [-0.2, 0) is 0 Å². The number of halogens is 3. The lowest BCUT2D eigenvalue weighted by Gasteiger charge is -2.09. The minimum absolute atomic E-state index is 0.0215. The second-order valence-corrected chi connectivity index (χ2v) is 5.35. The second kappa shape index (κ2) is 8.46. The summed E-state index contributed by atoms with van der Waals surface area (Å²) in [5.41, 5.74) is -0.0215. The molecule has 1 aromatic rings. The van der Waals surface area contributed by atoms with E-state index in [0.717, 1.165) is 12.8 Å². The quantitative estimate of drug-likeness (QED) is 0.624. The highest BCUT2D eigenvalue weighted by atomic mass is 79.9. The number of benzene rings is 1. The van der Waals surface area contributed by atoms with E-state index in [2.05, 4.69) is 28.2 Å². The predicted octanol–water partition coefficient (Wildman–Crippen LogP) is 5.50. The van der Waals surface area contributed by atoms with Crippen LogP contribution in [0.25, 0.3) is 0 Å². The van der Waals surface area contributed by atoms with Crippen molar-refractivity contribution in [3.63, 3.8) is 0 Å². The van der Waals surface area contributed by atoms with Gasteiger partial charge in [-0.3, -0.25) is 0 Å². The van der Waals surface area contributed by atoms with E-state index in [1.165, 1.54) is 37.8 Å². The van der Waals surface area contributed by atoms with Gasteiger partial charge in [0.05, 0.1) is 0 Å². The highest BCUT2D eigenvalue weighted by molar-refractivity contribution is 9.10. The Kier molecular flexibility index (Phi) is 7.25. The Morgan fingerprint density at radius 2 is 1.56 bits per heavy atom. The van der Waals surface area contributed by atoms with Crippen LogP contribution in [0.15, 0.2) is 16.6 Å². The monoisotopic (exact) mass is 319 g/mol. The average molecular weight is 320 g/mol. The molecule has 0 aliphatic rings. The molecule has 0 saturated heterocycles. The van der Waals surface area contributed by atoms with E-state index in [-0.39, 0.29) is 5.69 Å². The summed E-state index contributed by atoms with van der Waals surface area (Å²) in [7, 11) is 0. The minimum Gasteiger partial charge on any atom is -0.380 e. The maximum atomic E-state index is 13.5. The zero-order chi connectivity index (χ0) is 13.4. The van der Waals surface area contributed by atoms with Crippen molar-refractivity contribution in [2.24, 2.45) is 0 Å². The lowest BCUT2D eigenvalue weighted by molar-refractivity contribution is 0.582. The SMILES string of the molecule is CCCCCCCCNc1c(F)cc(Br)cc1F. The summed E-state index contributed by atoms with van der Waals surface area (Å²) in [6.45, 7) is 2.79. The molecule has 0 radical (unpaired) electrons. The summed E-state index contributed by atoms with van der Waals surface area (Å²) < 4.78 is 27.3. The lowest BCUT2D eigenvalue weighted by atomic mass is 10.1. The van der Waals surface area contributed by atoms with Gasteiger partial charge in [0.15, 0.2) is 0 Å². The fourth-order valence-corrected chi connectivity index (χ4v) is 2.23. The fourth-order valence-electron chi connectivity index (χ4n) is 1.83. The zero-order valence-electron chi connectivity index (χ0n) is 10.7. The molecule has 0 aliphatic carbocycles. The number of anilines is 1. The van der Waals surface area contributed by atoms with Gasteiger partial charge < -0.3 is 5.32 Å². The molecule has 102 valence electrons. The highest BCUT2D eigenvalue weighted by Crippen LogP contribution is 2.23. The third-order valence-corrected chi connectivity index (χ3v) is 3.30. The van der Waals surface area contributed by atoms with E-state index in [1.807, 2.05) is 0 Å². The molecule has 0 fully saturated rings. The smallest absolute Gasteiger partial charge is 0.150 e.